The van der Waals surface area contributed by atoms with E-state index in [1.165, 1.54) is 7.11 Å². The Hall–Kier alpha value is -1.10. The highest BCUT2D eigenvalue weighted by Crippen LogP contribution is 2.17. The largest absolute Gasteiger partial charge is 0.469 e. The van der Waals surface area contributed by atoms with Crippen LogP contribution in [0.25, 0.3) is 0 Å². The lowest BCUT2D eigenvalue weighted by atomic mass is 9.95. The summed E-state index contributed by atoms with van der Waals surface area (Å²) >= 11 is 0. The Bertz CT molecular complexity index is 260. The molecule has 1 heterocycles. The Morgan fingerprint density at radius 1 is 1.44 bits per heavy atom. The van der Waals surface area contributed by atoms with E-state index in [1.54, 1.807) is 0 Å². The number of rotatable bonds is 4. The van der Waals surface area contributed by atoms with Gasteiger partial charge in [-0.2, -0.15) is 0 Å². The van der Waals surface area contributed by atoms with Gasteiger partial charge in [0, 0.05) is 12.5 Å². The number of piperidine rings is 1. The molecule has 1 saturated heterocycles. The number of likely N-dealkylation sites (tertiary alicyclic amines) is 1. The molecule has 92 valence electrons. The second-order valence-electron chi connectivity index (χ2n) is 4.40. The standard InChI is InChI=1S/C11H20N2O3/c1-8(11(15)16-2)7-13-5-3-9(4-6-13)10(12)14/h8-9H,3-7H2,1-2H3,(H2,12,14). The van der Waals surface area contributed by atoms with E-state index in [1.807, 2.05) is 6.92 Å². The molecule has 0 aromatic carbocycles. The predicted octanol–water partition coefficient (Wildman–Crippen LogP) is -0.00720. The number of carbonyl (C=O) groups excluding carboxylic acids is 2. The third kappa shape index (κ3) is 3.48. The average molecular weight is 228 g/mol. The number of methoxy groups -OCH3 is 1. The first-order chi connectivity index (χ1) is 7.54. The SMILES string of the molecule is COC(=O)C(C)CN1CCC(C(N)=O)CC1. The van der Waals surface area contributed by atoms with Crippen LogP contribution in [-0.4, -0.2) is 43.5 Å². The van der Waals surface area contributed by atoms with Gasteiger partial charge in [-0.1, -0.05) is 6.92 Å². The molecule has 1 atom stereocenters. The summed E-state index contributed by atoms with van der Waals surface area (Å²) in [5.41, 5.74) is 5.25. The maximum Gasteiger partial charge on any atom is 0.309 e. The first-order valence-corrected chi connectivity index (χ1v) is 5.64. The molecule has 2 N–H and O–H groups in total. The first kappa shape index (κ1) is 13.0. The maximum absolute atomic E-state index is 11.2. The van der Waals surface area contributed by atoms with Crippen molar-refractivity contribution in [3.05, 3.63) is 0 Å². The molecule has 1 unspecified atom stereocenters. The molecule has 5 nitrogen and oxygen atoms in total. The first-order valence-electron chi connectivity index (χ1n) is 5.64. The zero-order valence-corrected chi connectivity index (χ0v) is 9.94. The lowest BCUT2D eigenvalue weighted by Gasteiger charge is -2.31. The molecule has 1 amide bonds. The van der Waals surface area contributed by atoms with Gasteiger partial charge in [-0.15, -0.1) is 0 Å². The molecule has 0 aromatic heterocycles. The topological polar surface area (TPSA) is 72.6 Å². The van der Waals surface area contributed by atoms with E-state index in [0.29, 0.717) is 6.54 Å². The van der Waals surface area contributed by atoms with Crippen molar-refractivity contribution in [2.45, 2.75) is 19.8 Å². The van der Waals surface area contributed by atoms with Crippen LogP contribution in [0.1, 0.15) is 19.8 Å². The fourth-order valence-corrected chi connectivity index (χ4v) is 2.06. The van der Waals surface area contributed by atoms with Crippen molar-refractivity contribution >= 4 is 11.9 Å². The summed E-state index contributed by atoms with van der Waals surface area (Å²) < 4.78 is 4.67. The van der Waals surface area contributed by atoms with Crippen molar-refractivity contribution in [3.63, 3.8) is 0 Å². The number of nitrogens with zero attached hydrogens (tertiary/aromatic N) is 1. The third-order valence-electron chi connectivity index (χ3n) is 3.13. The van der Waals surface area contributed by atoms with Gasteiger partial charge < -0.3 is 15.4 Å². The van der Waals surface area contributed by atoms with Crippen molar-refractivity contribution in [1.82, 2.24) is 4.90 Å². The molecule has 1 aliphatic rings. The molecule has 1 aliphatic heterocycles. The minimum atomic E-state index is -0.208. The van der Waals surface area contributed by atoms with Gasteiger partial charge in [-0.25, -0.2) is 0 Å². The normalized spacial score (nSPS) is 20.4. The average Bonchev–Trinajstić information content (AvgIpc) is 2.28. The fourth-order valence-electron chi connectivity index (χ4n) is 2.06. The quantitative estimate of drug-likeness (QED) is 0.687. The summed E-state index contributed by atoms with van der Waals surface area (Å²) in [5.74, 6) is -0.502. The van der Waals surface area contributed by atoms with E-state index in [9.17, 15) is 9.59 Å². The predicted molar refractivity (Wildman–Crippen MR) is 59.5 cm³/mol. The summed E-state index contributed by atoms with van der Waals surface area (Å²) in [5, 5.41) is 0. The van der Waals surface area contributed by atoms with Crippen LogP contribution in [-0.2, 0) is 14.3 Å². The molecule has 1 fully saturated rings. The van der Waals surface area contributed by atoms with E-state index < -0.39 is 0 Å². The number of esters is 1. The number of amides is 1. The zero-order chi connectivity index (χ0) is 12.1. The zero-order valence-electron chi connectivity index (χ0n) is 9.94. The minimum Gasteiger partial charge on any atom is -0.469 e. The smallest absolute Gasteiger partial charge is 0.309 e. The van der Waals surface area contributed by atoms with Crippen LogP contribution in [0.5, 0.6) is 0 Å². The second-order valence-corrected chi connectivity index (χ2v) is 4.40. The Kier molecular flexibility index (Phi) is 4.73. The van der Waals surface area contributed by atoms with Gasteiger partial charge >= 0.3 is 5.97 Å². The van der Waals surface area contributed by atoms with E-state index >= 15 is 0 Å². The highest BCUT2D eigenvalue weighted by atomic mass is 16.5. The lowest BCUT2D eigenvalue weighted by molar-refractivity contribution is -0.145. The molecule has 0 radical (unpaired) electrons. The monoisotopic (exact) mass is 228 g/mol. The summed E-state index contributed by atoms with van der Waals surface area (Å²) in [7, 11) is 1.40. The van der Waals surface area contributed by atoms with Gasteiger partial charge in [0.1, 0.15) is 0 Å². The molecule has 1 rings (SSSR count). The lowest BCUT2D eigenvalue weighted by Crippen LogP contribution is -2.41. The number of hydrogen-bond donors (Lipinski definition) is 1. The van der Waals surface area contributed by atoms with Crippen molar-refractivity contribution in [2.24, 2.45) is 17.6 Å². The Morgan fingerprint density at radius 2 is 2.00 bits per heavy atom. The molecule has 5 heteroatoms. The summed E-state index contributed by atoms with van der Waals surface area (Å²) in [6, 6.07) is 0. The summed E-state index contributed by atoms with van der Waals surface area (Å²) in [4.78, 5) is 24.4. The van der Waals surface area contributed by atoms with Crippen LogP contribution in [0.3, 0.4) is 0 Å². The maximum atomic E-state index is 11.2. The van der Waals surface area contributed by atoms with Crippen LogP contribution < -0.4 is 5.73 Å². The van der Waals surface area contributed by atoms with Crippen LogP contribution in [0.4, 0.5) is 0 Å². The minimum absolute atomic E-state index is 0.00434. The van der Waals surface area contributed by atoms with E-state index in [4.69, 9.17) is 5.73 Å². The van der Waals surface area contributed by atoms with Gasteiger partial charge in [0.25, 0.3) is 0 Å². The van der Waals surface area contributed by atoms with Crippen molar-refractivity contribution in [1.29, 1.82) is 0 Å². The van der Waals surface area contributed by atoms with E-state index in [2.05, 4.69) is 9.64 Å². The molecule has 0 bridgehead atoms. The number of hydrogen-bond acceptors (Lipinski definition) is 4. The van der Waals surface area contributed by atoms with Gasteiger partial charge in [-0.05, 0) is 25.9 Å². The molecule has 0 spiro atoms. The Labute approximate surface area is 95.9 Å². The van der Waals surface area contributed by atoms with Crippen LogP contribution in [0, 0.1) is 11.8 Å². The van der Waals surface area contributed by atoms with Crippen molar-refractivity contribution in [2.75, 3.05) is 26.7 Å². The Balaban J connectivity index is 2.32. The Morgan fingerprint density at radius 3 is 2.44 bits per heavy atom. The van der Waals surface area contributed by atoms with Crippen LogP contribution in [0.2, 0.25) is 0 Å². The number of carbonyl (C=O) groups is 2. The van der Waals surface area contributed by atoms with Gasteiger partial charge in [-0.3, -0.25) is 9.59 Å². The number of primary amides is 1. The van der Waals surface area contributed by atoms with Crippen molar-refractivity contribution < 1.29 is 14.3 Å². The highest BCUT2D eigenvalue weighted by Gasteiger charge is 2.25. The highest BCUT2D eigenvalue weighted by molar-refractivity contribution is 5.76. The summed E-state index contributed by atoms with van der Waals surface area (Å²) in [6.45, 7) is 4.20. The number of nitrogens with two attached hydrogens (primary N) is 1. The van der Waals surface area contributed by atoms with Gasteiger partial charge in [0.2, 0.25) is 5.91 Å². The molecular formula is C11H20N2O3. The molecular weight excluding hydrogens is 208 g/mol. The molecule has 0 aliphatic carbocycles. The number of ether oxygens (including phenoxy) is 1. The molecule has 0 saturated carbocycles. The third-order valence-corrected chi connectivity index (χ3v) is 3.13. The molecule has 16 heavy (non-hydrogen) atoms. The van der Waals surface area contributed by atoms with Gasteiger partial charge in [0.05, 0.1) is 13.0 Å². The summed E-state index contributed by atoms with van der Waals surface area (Å²) in [6.07, 6.45) is 1.59. The van der Waals surface area contributed by atoms with Gasteiger partial charge in [0.15, 0.2) is 0 Å². The van der Waals surface area contributed by atoms with E-state index in [-0.39, 0.29) is 23.7 Å². The van der Waals surface area contributed by atoms with E-state index in [0.717, 1.165) is 25.9 Å². The fraction of sp³-hybridized carbons (Fsp3) is 0.818. The van der Waals surface area contributed by atoms with Crippen LogP contribution in [0.15, 0.2) is 0 Å². The van der Waals surface area contributed by atoms with Crippen LogP contribution >= 0.6 is 0 Å². The second kappa shape index (κ2) is 5.84. The molecule has 0 aromatic rings. The van der Waals surface area contributed by atoms with Crippen molar-refractivity contribution in [3.8, 4) is 0 Å².